The van der Waals surface area contributed by atoms with E-state index >= 15 is 0 Å². The second kappa shape index (κ2) is 13.4. The first-order valence-corrected chi connectivity index (χ1v) is 10.0. The molecule has 0 unspecified atom stereocenters. The molecular weight excluding hydrogens is 440 g/mol. The van der Waals surface area contributed by atoms with Crippen LogP contribution in [0, 0.1) is 0 Å². The minimum absolute atomic E-state index is 0. The second-order valence-electron chi connectivity index (χ2n) is 6.86. The number of carbonyl (C=O) groups is 2. The van der Waals surface area contributed by atoms with Crippen molar-refractivity contribution in [3.05, 3.63) is 132 Å². The molecule has 0 bridgehead atoms. The van der Waals surface area contributed by atoms with Crippen molar-refractivity contribution in [3.8, 4) is 0 Å². The molecule has 0 radical (unpaired) electrons. The zero-order valence-electron chi connectivity index (χ0n) is 17.8. The second-order valence-corrected chi connectivity index (χ2v) is 6.86. The lowest BCUT2D eigenvalue weighted by Crippen LogP contribution is -3.00. The highest BCUT2D eigenvalue weighted by atomic mass is 35.5. The Kier molecular flexibility index (Phi) is 10.2. The lowest BCUT2D eigenvalue weighted by molar-refractivity contribution is -0.688. The normalized spacial score (nSPS) is 9.58. The molecule has 0 aliphatic carbocycles. The summed E-state index contributed by atoms with van der Waals surface area (Å²) in [7, 11) is 0. The Morgan fingerprint density at radius 1 is 0.727 bits per heavy atom. The van der Waals surface area contributed by atoms with Crippen molar-refractivity contribution >= 4 is 12.1 Å². The average Bonchev–Trinajstić information content (AvgIpc) is 2.85. The van der Waals surface area contributed by atoms with Crippen LogP contribution in [0.4, 0.5) is 4.79 Å². The molecule has 0 saturated heterocycles. The number of hydrogen-bond acceptors (Lipinski definition) is 4. The van der Waals surface area contributed by atoms with E-state index in [0.717, 1.165) is 11.1 Å². The lowest BCUT2D eigenvalue weighted by Gasteiger charge is -2.03. The first-order valence-electron chi connectivity index (χ1n) is 10.0. The van der Waals surface area contributed by atoms with Crippen molar-refractivity contribution in [2.45, 2.75) is 13.2 Å². The molecule has 0 amide bonds. The van der Waals surface area contributed by atoms with E-state index in [1.54, 1.807) is 36.7 Å². The molecule has 4 aromatic rings. The Morgan fingerprint density at radius 2 is 1.30 bits per heavy atom. The molecule has 4 rings (SSSR count). The monoisotopic (exact) mass is 462 g/mol. The van der Waals surface area contributed by atoms with Gasteiger partial charge in [-0.1, -0.05) is 65.2 Å². The van der Waals surface area contributed by atoms with E-state index in [-0.39, 0.29) is 24.1 Å². The highest BCUT2D eigenvalue weighted by Crippen LogP contribution is 2.04. The van der Waals surface area contributed by atoms with E-state index < -0.39 is 5.97 Å². The van der Waals surface area contributed by atoms with E-state index in [9.17, 15) is 14.7 Å². The van der Waals surface area contributed by atoms with E-state index in [1.807, 2.05) is 77.6 Å². The molecule has 0 spiro atoms. The quantitative estimate of drug-likeness (QED) is 0.377. The van der Waals surface area contributed by atoms with Crippen LogP contribution in [0.3, 0.4) is 0 Å². The number of carboxylic acids is 1. The molecular formula is C26H23ClN2O4. The van der Waals surface area contributed by atoms with Crippen LogP contribution in [0.15, 0.2) is 116 Å². The Balaban J connectivity index is 0.000000227. The van der Waals surface area contributed by atoms with E-state index in [1.165, 1.54) is 10.6 Å². The minimum Gasteiger partial charge on any atom is -1.00 e. The van der Waals surface area contributed by atoms with Crippen LogP contribution in [-0.4, -0.2) is 12.1 Å². The van der Waals surface area contributed by atoms with Crippen molar-refractivity contribution in [1.29, 1.82) is 0 Å². The third-order valence-corrected chi connectivity index (χ3v) is 4.44. The number of benzene rings is 2. The lowest BCUT2D eigenvalue weighted by atomic mass is 10.1. The summed E-state index contributed by atoms with van der Waals surface area (Å²) in [6.45, 7) is 0.948. The van der Waals surface area contributed by atoms with Crippen molar-refractivity contribution in [3.63, 3.8) is 0 Å². The van der Waals surface area contributed by atoms with Crippen LogP contribution in [-0.2, 0) is 17.9 Å². The molecule has 6 nitrogen and oxygen atoms in total. The summed E-state index contributed by atoms with van der Waals surface area (Å²) in [5, 5.41) is 10.7. The summed E-state index contributed by atoms with van der Waals surface area (Å²) in [5.41, 5.74) is 2.14. The number of nitrogens with zero attached hydrogens (tertiary/aromatic N) is 2. The maximum atomic E-state index is 11.6. The number of carbonyl (C=O) groups excluding carboxylic acids is 2. The fourth-order valence-electron chi connectivity index (χ4n) is 2.86. The van der Waals surface area contributed by atoms with E-state index in [2.05, 4.69) is 0 Å². The predicted octanol–water partition coefficient (Wildman–Crippen LogP) is -0.451. The summed E-state index contributed by atoms with van der Waals surface area (Å²) in [5.74, 6) is -1.14. The third-order valence-electron chi connectivity index (χ3n) is 4.44. The number of rotatable bonds is 5. The number of ether oxygens (including phenoxy) is 1. The van der Waals surface area contributed by atoms with Crippen molar-refractivity contribution in [2.75, 3.05) is 0 Å². The van der Waals surface area contributed by atoms with Gasteiger partial charge in [0, 0.05) is 29.8 Å². The molecule has 2 aromatic heterocycles. The highest BCUT2D eigenvalue weighted by molar-refractivity contribution is 5.85. The number of halogens is 1. The summed E-state index contributed by atoms with van der Waals surface area (Å²) in [6, 6.07) is 27.6. The smallest absolute Gasteiger partial charge is 0.602 e. The zero-order valence-corrected chi connectivity index (χ0v) is 18.5. The first-order chi connectivity index (χ1) is 15.6. The van der Waals surface area contributed by atoms with Gasteiger partial charge in [0.25, 0.3) is 0 Å². The van der Waals surface area contributed by atoms with Crippen LogP contribution in [0.2, 0.25) is 0 Å². The number of aromatic carboxylic acids is 1. The van der Waals surface area contributed by atoms with Crippen LogP contribution < -0.4 is 26.6 Å². The van der Waals surface area contributed by atoms with Gasteiger partial charge in [-0.25, -0.2) is 4.57 Å². The largest absolute Gasteiger partial charge is 1.00 e. The van der Waals surface area contributed by atoms with E-state index in [0.29, 0.717) is 13.2 Å². The number of carboxylic acid groups (broad SMARTS) is 1. The predicted molar refractivity (Wildman–Crippen MR) is 115 cm³/mol. The standard InChI is InChI=1S/C13H12NO2.C13H11NO2.ClH/c15-13(14-9-5-2-6-10-14)16-11-12-7-3-1-4-8-12;15-13(16)12-6-4-5-11(9-12)10-14-7-2-1-3-8-14;/h1-10H,11H2;1-9H,10H2;1H/q+1;;/p-1. The van der Waals surface area contributed by atoms with Crippen LogP contribution >= 0.6 is 0 Å². The first kappa shape index (κ1) is 25.2. The van der Waals surface area contributed by atoms with Gasteiger partial charge in [0.2, 0.25) is 0 Å². The molecule has 0 atom stereocenters. The van der Waals surface area contributed by atoms with Crippen LogP contribution in [0.1, 0.15) is 21.5 Å². The van der Waals surface area contributed by atoms with Gasteiger partial charge in [0.05, 0.1) is 5.97 Å². The van der Waals surface area contributed by atoms with Crippen molar-refractivity contribution in [2.24, 2.45) is 0 Å². The molecule has 33 heavy (non-hydrogen) atoms. The van der Waals surface area contributed by atoms with E-state index in [4.69, 9.17) is 4.74 Å². The van der Waals surface area contributed by atoms with Crippen LogP contribution in [0.5, 0.6) is 0 Å². The molecule has 0 aliphatic heterocycles. The number of hydrogen-bond donors (Lipinski definition) is 0. The molecule has 0 aliphatic rings. The highest BCUT2D eigenvalue weighted by Gasteiger charge is 2.14. The summed E-state index contributed by atoms with van der Waals surface area (Å²) < 4.78 is 8.52. The van der Waals surface area contributed by atoms with Gasteiger partial charge < -0.3 is 27.0 Å². The Hall–Kier alpha value is -4.03. The zero-order chi connectivity index (χ0) is 22.6. The van der Waals surface area contributed by atoms with Crippen LogP contribution in [0.25, 0.3) is 0 Å². The van der Waals surface area contributed by atoms with Gasteiger partial charge in [0.15, 0.2) is 31.3 Å². The van der Waals surface area contributed by atoms with Gasteiger partial charge in [0.1, 0.15) is 6.61 Å². The summed E-state index contributed by atoms with van der Waals surface area (Å²) >= 11 is 0. The number of aromatic nitrogens is 2. The maximum absolute atomic E-state index is 11.6. The Morgan fingerprint density at radius 3 is 1.94 bits per heavy atom. The molecule has 0 saturated carbocycles. The summed E-state index contributed by atoms with van der Waals surface area (Å²) in [4.78, 5) is 22.2. The minimum atomic E-state index is -1.14. The van der Waals surface area contributed by atoms with Gasteiger partial charge in [-0.2, -0.15) is 4.79 Å². The molecule has 2 aromatic carbocycles. The number of pyridine rings is 2. The average molecular weight is 463 g/mol. The maximum Gasteiger partial charge on any atom is 0.602 e. The fourth-order valence-corrected chi connectivity index (χ4v) is 2.86. The topological polar surface area (TPSA) is 74.2 Å². The SMILES string of the molecule is O=C(OCc1ccccc1)[n+]1ccccc1.O=C([O-])c1cccc(C[n+]2ccccc2)c1.[Cl-]. The van der Waals surface area contributed by atoms with Crippen molar-refractivity contribution < 1.29 is 41.0 Å². The fraction of sp³-hybridized carbons (Fsp3) is 0.0769. The molecule has 0 fully saturated rings. The Labute approximate surface area is 198 Å². The van der Waals surface area contributed by atoms with Gasteiger partial charge in [-0.05, 0) is 17.2 Å². The third kappa shape index (κ3) is 8.55. The van der Waals surface area contributed by atoms with Gasteiger partial charge in [-0.15, -0.1) is 0 Å². The van der Waals surface area contributed by atoms with Gasteiger partial charge in [-0.3, -0.25) is 0 Å². The molecule has 0 N–H and O–H groups in total. The molecule has 7 heteroatoms. The molecule has 2 heterocycles. The summed E-state index contributed by atoms with van der Waals surface area (Å²) in [6.07, 6.45) is 6.82. The van der Waals surface area contributed by atoms with Gasteiger partial charge >= 0.3 is 6.09 Å². The Bertz CT molecular complexity index is 1140. The molecule has 168 valence electrons. The van der Waals surface area contributed by atoms with Crippen molar-refractivity contribution in [1.82, 2.24) is 0 Å².